The average molecular weight is 408 g/mol. The van der Waals surface area contributed by atoms with Crippen molar-refractivity contribution in [2.75, 3.05) is 29.0 Å². The van der Waals surface area contributed by atoms with E-state index in [0.29, 0.717) is 23.8 Å². The van der Waals surface area contributed by atoms with Gasteiger partial charge in [0.05, 0.1) is 6.54 Å². The Kier molecular flexibility index (Phi) is 7.28. The van der Waals surface area contributed by atoms with Crippen molar-refractivity contribution in [1.82, 2.24) is 9.55 Å². The van der Waals surface area contributed by atoms with Crippen molar-refractivity contribution in [3.05, 3.63) is 49.6 Å². The molecule has 0 radical (unpaired) electrons. The topological polar surface area (TPSA) is 113 Å². The van der Waals surface area contributed by atoms with Crippen LogP contribution in [0.15, 0.2) is 27.8 Å². The SMILES string of the molecule is CCCCn1c(N)c(N(CC)CC(=O)Nc2ccc(C)c(Cl)c2)c(=O)[nH]c1=O. The lowest BCUT2D eigenvalue weighted by Crippen LogP contribution is -2.41. The van der Waals surface area contributed by atoms with Crippen LogP contribution >= 0.6 is 11.6 Å². The molecule has 0 aliphatic carbocycles. The second-order valence-electron chi connectivity index (χ2n) is 6.52. The number of aryl methyl sites for hydroxylation is 1. The number of hydrogen-bond donors (Lipinski definition) is 3. The summed E-state index contributed by atoms with van der Waals surface area (Å²) in [5.41, 5.74) is 6.55. The molecule has 9 heteroatoms. The van der Waals surface area contributed by atoms with Gasteiger partial charge < -0.3 is 16.0 Å². The van der Waals surface area contributed by atoms with Crippen molar-refractivity contribution in [3.8, 4) is 0 Å². The minimum Gasteiger partial charge on any atom is -0.383 e. The molecule has 2 rings (SSSR count). The Labute approximate surface area is 168 Å². The molecule has 0 bridgehead atoms. The number of hydrogen-bond acceptors (Lipinski definition) is 5. The first kappa shape index (κ1) is 21.6. The van der Waals surface area contributed by atoms with Gasteiger partial charge in [-0.25, -0.2) is 4.79 Å². The largest absolute Gasteiger partial charge is 0.383 e. The number of carbonyl (C=O) groups is 1. The normalized spacial score (nSPS) is 10.7. The van der Waals surface area contributed by atoms with E-state index in [1.807, 2.05) is 19.9 Å². The number of nitrogens with zero attached hydrogens (tertiary/aromatic N) is 2. The van der Waals surface area contributed by atoms with E-state index in [1.54, 1.807) is 24.0 Å². The van der Waals surface area contributed by atoms with Gasteiger partial charge >= 0.3 is 5.69 Å². The van der Waals surface area contributed by atoms with Gasteiger partial charge in [0, 0.05) is 23.8 Å². The summed E-state index contributed by atoms with van der Waals surface area (Å²) in [6.45, 7) is 6.33. The highest BCUT2D eigenvalue weighted by atomic mass is 35.5. The molecule has 1 aromatic heterocycles. The Morgan fingerprint density at radius 1 is 1.32 bits per heavy atom. The maximum atomic E-state index is 12.5. The average Bonchev–Trinajstić information content (AvgIpc) is 2.63. The third-order valence-electron chi connectivity index (χ3n) is 4.44. The molecule has 0 atom stereocenters. The number of amides is 1. The summed E-state index contributed by atoms with van der Waals surface area (Å²) in [7, 11) is 0. The summed E-state index contributed by atoms with van der Waals surface area (Å²) >= 11 is 6.09. The smallest absolute Gasteiger partial charge is 0.330 e. The van der Waals surface area contributed by atoms with Crippen LogP contribution in [-0.4, -0.2) is 28.5 Å². The van der Waals surface area contributed by atoms with E-state index in [4.69, 9.17) is 17.3 Å². The summed E-state index contributed by atoms with van der Waals surface area (Å²) in [4.78, 5) is 40.8. The van der Waals surface area contributed by atoms with Crippen molar-refractivity contribution in [3.63, 3.8) is 0 Å². The van der Waals surface area contributed by atoms with E-state index in [1.165, 1.54) is 4.57 Å². The van der Waals surface area contributed by atoms with Crippen LogP contribution in [0.4, 0.5) is 17.2 Å². The fraction of sp³-hybridized carbons (Fsp3) is 0.421. The monoisotopic (exact) mass is 407 g/mol. The van der Waals surface area contributed by atoms with Gasteiger partial charge in [-0.3, -0.25) is 19.1 Å². The first-order valence-electron chi connectivity index (χ1n) is 9.22. The molecule has 1 aromatic carbocycles. The number of rotatable bonds is 8. The van der Waals surface area contributed by atoms with Crippen LogP contribution in [0.5, 0.6) is 0 Å². The summed E-state index contributed by atoms with van der Waals surface area (Å²) in [6, 6.07) is 5.22. The number of unbranched alkanes of at least 4 members (excludes halogenated alkanes) is 1. The van der Waals surface area contributed by atoms with E-state index < -0.39 is 11.2 Å². The Morgan fingerprint density at radius 3 is 2.64 bits per heavy atom. The van der Waals surface area contributed by atoms with Crippen molar-refractivity contribution in [2.45, 2.75) is 40.2 Å². The molecule has 0 aliphatic heterocycles. The second-order valence-corrected chi connectivity index (χ2v) is 6.93. The van der Waals surface area contributed by atoms with Crippen molar-refractivity contribution < 1.29 is 4.79 Å². The molecule has 8 nitrogen and oxygen atoms in total. The van der Waals surface area contributed by atoms with E-state index in [9.17, 15) is 14.4 Å². The van der Waals surface area contributed by atoms with Crippen LogP contribution < -0.4 is 27.2 Å². The van der Waals surface area contributed by atoms with Gasteiger partial charge in [-0.1, -0.05) is 31.0 Å². The number of nitrogens with two attached hydrogens (primary N) is 1. The molecule has 0 fully saturated rings. The lowest BCUT2D eigenvalue weighted by molar-refractivity contribution is -0.115. The van der Waals surface area contributed by atoms with Crippen LogP contribution in [0, 0.1) is 6.92 Å². The number of anilines is 3. The van der Waals surface area contributed by atoms with Gasteiger partial charge in [0.15, 0.2) is 0 Å². The van der Waals surface area contributed by atoms with Crippen molar-refractivity contribution in [1.29, 1.82) is 0 Å². The molecule has 1 heterocycles. The number of carbonyl (C=O) groups excluding carboxylic acids is 1. The fourth-order valence-electron chi connectivity index (χ4n) is 2.81. The molecule has 0 aliphatic rings. The lowest BCUT2D eigenvalue weighted by Gasteiger charge is -2.24. The molecule has 4 N–H and O–H groups in total. The Hall–Kier alpha value is -2.74. The predicted molar refractivity (Wildman–Crippen MR) is 113 cm³/mol. The predicted octanol–water partition coefficient (Wildman–Crippen LogP) is 2.35. The van der Waals surface area contributed by atoms with Crippen molar-refractivity contribution >= 4 is 34.7 Å². The highest BCUT2D eigenvalue weighted by Gasteiger charge is 2.20. The van der Waals surface area contributed by atoms with E-state index in [0.717, 1.165) is 18.4 Å². The van der Waals surface area contributed by atoms with Gasteiger partial charge in [0.25, 0.3) is 5.56 Å². The van der Waals surface area contributed by atoms with Crippen LogP contribution in [0.25, 0.3) is 0 Å². The zero-order chi connectivity index (χ0) is 20.8. The van der Waals surface area contributed by atoms with Gasteiger partial charge in [0.2, 0.25) is 5.91 Å². The second kappa shape index (κ2) is 9.45. The molecule has 2 aromatic rings. The summed E-state index contributed by atoms with van der Waals surface area (Å²) in [6.07, 6.45) is 1.62. The molecule has 28 heavy (non-hydrogen) atoms. The molecule has 0 saturated carbocycles. The third-order valence-corrected chi connectivity index (χ3v) is 4.84. The zero-order valence-electron chi connectivity index (χ0n) is 16.3. The Morgan fingerprint density at radius 2 is 2.04 bits per heavy atom. The zero-order valence-corrected chi connectivity index (χ0v) is 17.1. The van der Waals surface area contributed by atoms with E-state index in [-0.39, 0.29) is 24.0 Å². The van der Waals surface area contributed by atoms with Crippen LogP contribution in [0.1, 0.15) is 32.3 Å². The van der Waals surface area contributed by atoms with Gasteiger partial charge in [-0.2, -0.15) is 0 Å². The number of halogens is 1. The fourth-order valence-corrected chi connectivity index (χ4v) is 3.00. The summed E-state index contributed by atoms with van der Waals surface area (Å²) < 4.78 is 1.33. The molecule has 0 unspecified atom stereocenters. The van der Waals surface area contributed by atoms with Crippen LogP contribution in [0.2, 0.25) is 5.02 Å². The molecule has 0 saturated heterocycles. The van der Waals surface area contributed by atoms with E-state index >= 15 is 0 Å². The molecule has 0 spiro atoms. The maximum absolute atomic E-state index is 12.5. The van der Waals surface area contributed by atoms with Crippen LogP contribution in [0.3, 0.4) is 0 Å². The van der Waals surface area contributed by atoms with Gasteiger partial charge in [0.1, 0.15) is 11.5 Å². The first-order valence-corrected chi connectivity index (χ1v) is 9.59. The minimum absolute atomic E-state index is 0.0650. The number of nitrogens with one attached hydrogen (secondary N) is 2. The highest BCUT2D eigenvalue weighted by molar-refractivity contribution is 6.31. The molecular formula is C19H26ClN5O3. The highest BCUT2D eigenvalue weighted by Crippen LogP contribution is 2.21. The number of benzene rings is 1. The van der Waals surface area contributed by atoms with Crippen molar-refractivity contribution in [2.24, 2.45) is 0 Å². The minimum atomic E-state index is -0.608. The Balaban J connectivity index is 2.27. The number of H-pyrrole nitrogens is 1. The number of likely N-dealkylation sites (N-methyl/N-ethyl adjacent to an activating group) is 1. The van der Waals surface area contributed by atoms with E-state index in [2.05, 4.69) is 10.3 Å². The number of nitrogen functional groups attached to an aromatic ring is 1. The standard InChI is InChI=1S/C19H26ClN5O3/c1-4-6-9-25-17(21)16(18(27)23-19(25)28)24(5-2)11-15(26)22-13-8-7-12(3)14(20)10-13/h7-8,10H,4-6,9,11,21H2,1-3H3,(H,22,26)(H,23,27,28). The third kappa shape index (κ3) is 4.95. The quantitative estimate of drug-likeness (QED) is 0.621. The Bertz CT molecular complexity index is 967. The summed E-state index contributed by atoms with van der Waals surface area (Å²) in [5.74, 6) is -0.262. The summed E-state index contributed by atoms with van der Waals surface area (Å²) in [5, 5.41) is 3.31. The van der Waals surface area contributed by atoms with Gasteiger partial charge in [-0.15, -0.1) is 0 Å². The number of aromatic nitrogens is 2. The van der Waals surface area contributed by atoms with Crippen LogP contribution in [-0.2, 0) is 11.3 Å². The number of aromatic amines is 1. The molecule has 1 amide bonds. The first-order chi connectivity index (χ1) is 13.3. The van der Waals surface area contributed by atoms with Gasteiger partial charge in [-0.05, 0) is 38.0 Å². The lowest BCUT2D eigenvalue weighted by atomic mass is 10.2. The molecular weight excluding hydrogens is 382 g/mol. The molecule has 152 valence electrons. The maximum Gasteiger partial charge on any atom is 0.330 e.